The van der Waals surface area contributed by atoms with Crippen LogP contribution in [0.25, 0.3) is 0 Å². The lowest BCUT2D eigenvalue weighted by Crippen LogP contribution is -2.44. The molecule has 2 rings (SSSR count). The number of carboxylic acids is 1. The van der Waals surface area contributed by atoms with Crippen LogP contribution in [0.5, 0.6) is 0 Å². The maximum Gasteiger partial charge on any atom is 0.307 e. The number of rotatable bonds is 3. The van der Waals surface area contributed by atoms with Crippen LogP contribution in [0.1, 0.15) is 11.1 Å². The standard InChI is InChI=1S/C13H19N3O2/c1-10-9-14-12(7-11(10)8-13(17)18)16-5-3-15(2)4-6-16/h7,9H,3-6,8H2,1-2H3,(H,17,18). The van der Waals surface area contributed by atoms with E-state index < -0.39 is 5.97 Å². The Balaban J connectivity index is 2.16. The molecule has 1 aromatic heterocycles. The molecule has 0 unspecified atom stereocenters. The molecule has 5 heteroatoms. The minimum absolute atomic E-state index is 0.0646. The van der Waals surface area contributed by atoms with E-state index in [1.54, 1.807) is 6.20 Å². The molecule has 18 heavy (non-hydrogen) atoms. The summed E-state index contributed by atoms with van der Waals surface area (Å²) < 4.78 is 0. The number of anilines is 1. The molecule has 1 saturated heterocycles. The smallest absolute Gasteiger partial charge is 0.307 e. The largest absolute Gasteiger partial charge is 0.481 e. The Bertz CT molecular complexity index is 440. The van der Waals surface area contributed by atoms with E-state index in [-0.39, 0.29) is 6.42 Å². The summed E-state index contributed by atoms with van der Waals surface area (Å²) in [7, 11) is 2.11. The number of piperazine rings is 1. The SMILES string of the molecule is Cc1cnc(N2CCN(C)CC2)cc1CC(=O)O. The fourth-order valence-corrected chi connectivity index (χ4v) is 2.11. The molecule has 5 nitrogen and oxygen atoms in total. The van der Waals surface area contributed by atoms with Gasteiger partial charge in [0.05, 0.1) is 6.42 Å². The molecular formula is C13H19N3O2. The van der Waals surface area contributed by atoms with Crippen LogP contribution < -0.4 is 4.90 Å². The van der Waals surface area contributed by atoms with E-state index in [0.717, 1.165) is 43.1 Å². The van der Waals surface area contributed by atoms with Crippen LogP contribution >= 0.6 is 0 Å². The molecule has 0 bridgehead atoms. The highest BCUT2D eigenvalue weighted by Crippen LogP contribution is 2.18. The van der Waals surface area contributed by atoms with Crippen molar-refractivity contribution in [3.8, 4) is 0 Å². The first-order chi connectivity index (χ1) is 8.56. The maximum absolute atomic E-state index is 10.8. The third kappa shape index (κ3) is 2.98. The van der Waals surface area contributed by atoms with Gasteiger partial charge in [-0.05, 0) is 31.2 Å². The fraction of sp³-hybridized carbons (Fsp3) is 0.538. The molecule has 1 aromatic rings. The van der Waals surface area contributed by atoms with Gasteiger partial charge < -0.3 is 14.9 Å². The van der Waals surface area contributed by atoms with Crippen molar-refractivity contribution >= 4 is 11.8 Å². The monoisotopic (exact) mass is 249 g/mol. The first-order valence-corrected chi connectivity index (χ1v) is 6.17. The molecule has 0 aromatic carbocycles. The van der Waals surface area contributed by atoms with Gasteiger partial charge in [0.25, 0.3) is 0 Å². The Hall–Kier alpha value is -1.62. The van der Waals surface area contributed by atoms with Crippen LogP contribution in [0.15, 0.2) is 12.3 Å². The highest BCUT2D eigenvalue weighted by Gasteiger charge is 2.16. The molecule has 0 aliphatic carbocycles. The second-order valence-electron chi connectivity index (χ2n) is 4.83. The molecule has 1 aliphatic rings. The van der Waals surface area contributed by atoms with Gasteiger partial charge in [-0.3, -0.25) is 4.79 Å². The summed E-state index contributed by atoms with van der Waals surface area (Å²) in [6.45, 7) is 5.82. The van der Waals surface area contributed by atoms with Gasteiger partial charge in [-0.25, -0.2) is 4.98 Å². The van der Waals surface area contributed by atoms with Crippen LogP contribution in [0.4, 0.5) is 5.82 Å². The van der Waals surface area contributed by atoms with Crippen molar-refractivity contribution in [1.29, 1.82) is 0 Å². The predicted molar refractivity (Wildman–Crippen MR) is 70.0 cm³/mol. The molecule has 2 heterocycles. The first kappa shape index (κ1) is 12.8. The van der Waals surface area contributed by atoms with Crippen LogP contribution in [-0.4, -0.2) is 54.2 Å². The molecule has 98 valence electrons. The Morgan fingerprint density at radius 2 is 2.06 bits per heavy atom. The summed E-state index contributed by atoms with van der Waals surface area (Å²) in [4.78, 5) is 19.7. The highest BCUT2D eigenvalue weighted by atomic mass is 16.4. The van der Waals surface area contributed by atoms with Gasteiger partial charge in [-0.1, -0.05) is 0 Å². The van der Waals surface area contributed by atoms with Crippen molar-refractivity contribution < 1.29 is 9.90 Å². The van der Waals surface area contributed by atoms with E-state index in [9.17, 15) is 4.79 Å². The molecular weight excluding hydrogens is 230 g/mol. The minimum Gasteiger partial charge on any atom is -0.481 e. The quantitative estimate of drug-likeness (QED) is 0.857. The van der Waals surface area contributed by atoms with Crippen LogP contribution in [0.2, 0.25) is 0 Å². The minimum atomic E-state index is -0.798. The second kappa shape index (κ2) is 5.35. The number of likely N-dealkylation sites (N-methyl/N-ethyl adjacent to an activating group) is 1. The van der Waals surface area contributed by atoms with Crippen molar-refractivity contribution in [2.45, 2.75) is 13.3 Å². The lowest BCUT2D eigenvalue weighted by atomic mass is 10.1. The summed E-state index contributed by atoms with van der Waals surface area (Å²) in [5.41, 5.74) is 1.79. The Morgan fingerprint density at radius 3 is 2.67 bits per heavy atom. The van der Waals surface area contributed by atoms with Crippen molar-refractivity contribution in [3.05, 3.63) is 23.4 Å². The van der Waals surface area contributed by atoms with Crippen LogP contribution in [-0.2, 0) is 11.2 Å². The Morgan fingerprint density at radius 1 is 1.39 bits per heavy atom. The molecule has 0 spiro atoms. The van der Waals surface area contributed by atoms with Crippen molar-refractivity contribution in [1.82, 2.24) is 9.88 Å². The zero-order valence-electron chi connectivity index (χ0n) is 10.9. The molecule has 0 saturated carbocycles. The third-order valence-electron chi connectivity index (χ3n) is 3.37. The molecule has 0 amide bonds. The summed E-state index contributed by atoms with van der Waals surface area (Å²) in [6, 6.07) is 1.91. The third-order valence-corrected chi connectivity index (χ3v) is 3.37. The van der Waals surface area contributed by atoms with Crippen LogP contribution in [0, 0.1) is 6.92 Å². The zero-order chi connectivity index (χ0) is 13.1. The molecule has 0 atom stereocenters. The van der Waals surface area contributed by atoms with Crippen LogP contribution in [0.3, 0.4) is 0 Å². The average molecular weight is 249 g/mol. The van der Waals surface area contributed by atoms with E-state index in [1.165, 1.54) is 0 Å². The molecule has 1 N–H and O–H groups in total. The predicted octanol–water partition coefficient (Wildman–Crippen LogP) is 0.769. The number of hydrogen-bond donors (Lipinski definition) is 1. The van der Waals surface area contributed by atoms with E-state index in [0.29, 0.717) is 0 Å². The van der Waals surface area contributed by atoms with E-state index in [1.807, 2.05) is 13.0 Å². The fourth-order valence-electron chi connectivity index (χ4n) is 2.11. The van der Waals surface area contributed by atoms with Crippen molar-refractivity contribution in [2.75, 3.05) is 38.1 Å². The van der Waals surface area contributed by atoms with E-state index in [4.69, 9.17) is 5.11 Å². The number of carboxylic acid groups (broad SMARTS) is 1. The lowest BCUT2D eigenvalue weighted by Gasteiger charge is -2.33. The summed E-state index contributed by atoms with van der Waals surface area (Å²) in [6.07, 6.45) is 1.83. The van der Waals surface area contributed by atoms with Crippen molar-refractivity contribution in [2.24, 2.45) is 0 Å². The normalized spacial score (nSPS) is 16.9. The number of carbonyl (C=O) groups is 1. The van der Waals surface area contributed by atoms with Gasteiger partial charge in [0, 0.05) is 32.4 Å². The first-order valence-electron chi connectivity index (χ1n) is 6.17. The van der Waals surface area contributed by atoms with Gasteiger partial charge in [0.2, 0.25) is 0 Å². The molecule has 1 fully saturated rings. The van der Waals surface area contributed by atoms with Gasteiger partial charge in [0.1, 0.15) is 5.82 Å². The number of hydrogen-bond acceptors (Lipinski definition) is 4. The summed E-state index contributed by atoms with van der Waals surface area (Å²) >= 11 is 0. The van der Waals surface area contributed by atoms with E-state index >= 15 is 0 Å². The maximum atomic E-state index is 10.8. The molecule has 1 aliphatic heterocycles. The Labute approximate surface area is 107 Å². The van der Waals surface area contributed by atoms with Gasteiger partial charge >= 0.3 is 5.97 Å². The average Bonchev–Trinajstić information content (AvgIpc) is 2.32. The summed E-state index contributed by atoms with van der Waals surface area (Å²) in [5.74, 6) is 0.0959. The van der Waals surface area contributed by atoms with Gasteiger partial charge in [-0.15, -0.1) is 0 Å². The number of aromatic nitrogens is 1. The lowest BCUT2D eigenvalue weighted by molar-refractivity contribution is -0.136. The highest BCUT2D eigenvalue weighted by molar-refractivity contribution is 5.71. The van der Waals surface area contributed by atoms with E-state index in [2.05, 4.69) is 21.8 Å². The zero-order valence-corrected chi connectivity index (χ0v) is 10.9. The number of aryl methyl sites for hydroxylation is 1. The van der Waals surface area contributed by atoms with Crippen molar-refractivity contribution in [3.63, 3.8) is 0 Å². The molecule has 0 radical (unpaired) electrons. The second-order valence-corrected chi connectivity index (χ2v) is 4.83. The number of aliphatic carboxylic acids is 1. The summed E-state index contributed by atoms with van der Waals surface area (Å²) in [5, 5.41) is 8.89. The van der Waals surface area contributed by atoms with Gasteiger partial charge in [0.15, 0.2) is 0 Å². The number of pyridine rings is 1. The van der Waals surface area contributed by atoms with Gasteiger partial charge in [-0.2, -0.15) is 0 Å². The Kier molecular flexibility index (Phi) is 3.81. The topological polar surface area (TPSA) is 56.7 Å². The number of nitrogens with zero attached hydrogens (tertiary/aromatic N) is 3.